The summed E-state index contributed by atoms with van der Waals surface area (Å²) >= 11 is 9.33. The van der Waals surface area contributed by atoms with E-state index in [0.717, 1.165) is 10.0 Å². The number of rotatable bonds is 5. The Balaban J connectivity index is 2.00. The number of halogens is 2. The van der Waals surface area contributed by atoms with Crippen LogP contribution in [-0.4, -0.2) is 23.9 Å². The van der Waals surface area contributed by atoms with Crippen molar-refractivity contribution in [3.63, 3.8) is 0 Å². The van der Waals surface area contributed by atoms with Crippen molar-refractivity contribution in [2.75, 3.05) is 11.9 Å². The topological polar surface area (TPSA) is 70.9 Å². The van der Waals surface area contributed by atoms with E-state index in [1.54, 1.807) is 30.3 Å². The van der Waals surface area contributed by atoms with Crippen LogP contribution in [0.5, 0.6) is 5.75 Å². The van der Waals surface area contributed by atoms with Gasteiger partial charge in [0.1, 0.15) is 5.75 Å². The van der Waals surface area contributed by atoms with E-state index in [2.05, 4.69) is 26.4 Å². The molecule has 1 amide bonds. The second-order valence-corrected chi connectivity index (χ2v) is 6.05. The summed E-state index contributed by atoms with van der Waals surface area (Å²) in [5.74, 6) is 0.114. The molecule has 0 aliphatic rings. The summed E-state index contributed by atoms with van der Waals surface area (Å²) in [6, 6.07) is 10.4. The van der Waals surface area contributed by atoms with Crippen molar-refractivity contribution < 1.29 is 14.7 Å². The van der Waals surface area contributed by atoms with Crippen LogP contribution in [0.3, 0.4) is 0 Å². The van der Waals surface area contributed by atoms with Gasteiger partial charge in [0.05, 0.1) is 6.21 Å². The van der Waals surface area contributed by atoms with Gasteiger partial charge in [-0.05, 0) is 42.8 Å². The lowest BCUT2D eigenvalue weighted by Gasteiger charge is -2.10. The molecule has 0 aromatic heterocycles. The number of ether oxygens (including phenoxy) is 1. The number of aryl methyl sites for hydroxylation is 1. The van der Waals surface area contributed by atoms with Gasteiger partial charge in [-0.3, -0.25) is 4.79 Å². The Kier molecular flexibility index (Phi) is 6.01. The molecule has 0 saturated heterocycles. The minimum absolute atomic E-state index is 0.181. The lowest BCUT2D eigenvalue weighted by Crippen LogP contribution is -2.20. The standard InChI is InChI=1S/C16H14BrClN2O3/c1-10-2-4-13(7-14(10)18)20-16(21)9-23-15-5-3-12(17)6-11(15)8-19-22/h2-8,22H,9H2,1H3,(H,20,21)/b19-8+. The predicted octanol–water partition coefficient (Wildman–Crippen LogP) is 4.24. The Morgan fingerprint density at radius 3 is 2.87 bits per heavy atom. The summed E-state index contributed by atoms with van der Waals surface area (Å²) in [5.41, 5.74) is 2.08. The molecule has 0 saturated carbocycles. The largest absolute Gasteiger partial charge is 0.483 e. The Hall–Kier alpha value is -2.05. The number of amides is 1. The lowest BCUT2D eigenvalue weighted by molar-refractivity contribution is -0.118. The van der Waals surface area contributed by atoms with Crippen LogP contribution in [0.2, 0.25) is 5.02 Å². The van der Waals surface area contributed by atoms with Crippen LogP contribution >= 0.6 is 27.5 Å². The highest BCUT2D eigenvalue weighted by Gasteiger charge is 2.08. The molecule has 0 bridgehead atoms. The lowest BCUT2D eigenvalue weighted by atomic mass is 10.2. The first kappa shape index (κ1) is 17.3. The number of nitrogens with zero attached hydrogens (tertiary/aromatic N) is 1. The van der Waals surface area contributed by atoms with Gasteiger partial charge < -0.3 is 15.3 Å². The van der Waals surface area contributed by atoms with Crippen molar-refractivity contribution in [1.29, 1.82) is 0 Å². The molecular formula is C16H14BrClN2O3. The molecule has 2 aromatic rings. The molecule has 7 heteroatoms. The summed E-state index contributed by atoms with van der Waals surface area (Å²) in [5, 5.41) is 14.9. The smallest absolute Gasteiger partial charge is 0.262 e. The summed E-state index contributed by atoms with van der Waals surface area (Å²) in [6.45, 7) is 1.70. The van der Waals surface area contributed by atoms with E-state index in [0.29, 0.717) is 22.0 Å². The van der Waals surface area contributed by atoms with Gasteiger partial charge in [-0.1, -0.05) is 38.8 Å². The first-order chi connectivity index (χ1) is 11.0. The van der Waals surface area contributed by atoms with Crippen LogP contribution in [0.25, 0.3) is 0 Å². The van der Waals surface area contributed by atoms with Gasteiger partial charge in [0.25, 0.3) is 5.91 Å². The van der Waals surface area contributed by atoms with Gasteiger partial charge in [0.15, 0.2) is 6.61 Å². The number of oxime groups is 1. The van der Waals surface area contributed by atoms with Gasteiger partial charge in [-0.15, -0.1) is 0 Å². The SMILES string of the molecule is Cc1ccc(NC(=O)COc2ccc(Br)cc2/C=N/O)cc1Cl. The van der Waals surface area contributed by atoms with Crippen LogP contribution in [0.4, 0.5) is 5.69 Å². The molecule has 0 spiro atoms. The maximum Gasteiger partial charge on any atom is 0.262 e. The first-order valence-electron chi connectivity index (χ1n) is 6.65. The molecular weight excluding hydrogens is 384 g/mol. The van der Waals surface area contributed by atoms with Gasteiger partial charge in [-0.25, -0.2) is 0 Å². The van der Waals surface area contributed by atoms with Crippen molar-refractivity contribution in [1.82, 2.24) is 0 Å². The highest BCUT2D eigenvalue weighted by atomic mass is 79.9. The Bertz CT molecular complexity index is 750. The minimum atomic E-state index is -0.320. The third kappa shape index (κ3) is 4.97. The first-order valence-corrected chi connectivity index (χ1v) is 7.82. The normalized spacial score (nSPS) is 10.7. The molecule has 0 aliphatic carbocycles. The second-order valence-electron chi connectivity index (χ2n) is 4.73. The molecule has 2 N–H and O–H groups in total. The van der Waals surface area contributed by atoms with Crippen molar-refractivity contribution in [3.05, 3.63) is 57.0 Å². The fourth-order valence-corrected chi connectivity index (χ4v) is 2.38. The predicted molar refractivity (Wildman–Crippen MR) is 93.8 cm³/mol. The molecule has 2 rings (SSSR count). The van der Waals surface area contributed by atoms with Crippen LogP contribution in [0.15, 0.2) is 46.0 Å². The summed E-state index contributed by atoms with van der Waals surface area (Å²) in [7, 11) is 0. The van der Waals surface area contributed by atoms with E-state index in [9.17, 15) is 4.79 Å². The molecule has 2 aromatic carbocycles. The van der Waals surface area contributed by atoms with Crippen molar-refractivity contribution >= 4 is 45.3 Å². The average molecular weight is 398 g/mol. The molecule has 0 unspecified atom stereocenters. The molecule has 0 fully saturated rings. The van der Waals surface area contributed by atoms with Gasteiger partial charge in [0, 0.05) is 20.7 Å². The van der Waals surface area contributed by atoms with E-state index in [-0.39, 0.29) is 12.5 Å². The number of hydrogen-bond acceptors (Lipinski definition) is 4. The quantitative estimate of drug-likeness (QED) is 0.450. The molecule has 0 atom stereocenters. The fraction of sp³-hybridized carbons (Fsp3) is 0.125. The summed E-state index contributed by atoms with van der Waals surface area (Å²) < 4.78 is 6.27. The van der Waals surface area contributed by atoms with E-state index in [4.69, 9.17) is 21.5 Å². The number of carbonyl (C=O) groups is 1. The third-order valence-electron chi connectivity index (χ3n) is 2.98. The zero-order valence-corrected chi connectivity index (χ0v) is 14.6. The Morgan fingerprint density at radius 1 is 1.39 bits per heavy atom. The highest BCUT2D eigenvalue weighted by molar-refractivity contribution is 9.10. The van der Waals surface area contributed by atoms with E-state index in [1.807, 2.05) is 13.0 Å². The van der Waals surface area contributed by atoms with Crippen LogP contribution in [0, 0.1) is 6.92 Å². The zero-order chi connectivity index (χ0) is 16.8. The molecule has 120 valence electrons. The molecule has 0 aliphatic heterocycles. The van der Waals surface area contributed by atoms with Crippen molar-refractivity contribution in [3.8, 4) is 5.75 Å². The molecule has 0 radical (unpaired) electrons. The molecule has 5 nitrogen and oxygen atoms in total. The van der Waals surface area contributed by atoms with Gasteiger partial charge >= 0.3 is 0 Å². The third-order valence-corrected chi connectivity index (χ3v) is 3.88. The fourth-order valence-electron chi connectivity index (χ4n) is 1.82. The second kappa shape index (κ2) is 7.99. The maximum absolute atomic E-state index is 11.9. The summed E-state index contributed by atoms with van der Waals surface area (Å²) in [4.78, 5) is 11.9. The number of carbonyl (C=O) groups excluding carboxylic acids is 1. The molecule has 0 heterocycles. The maximum atomic E-state index is 11.9. The van der Waals surface area contributed by atoms with Crippen LogP contribution in [0.1, 0.15) is 11.1 Å². The van der Waals surface area contributed by atoms with Gasteiger partial charge in [-0.2, -0.15) is 0 Å². The zero-order valence-electron chi connectivity index (χ0n) is 12.2. The average Bonchev–Trinajstić information content (AvgIpc) is 2.50. The number of hydrogen-bond donors (Lipinski definition) is 2. The number of benzene rings is 2. The van der Waals surface area contributed by atoms with Crippen LogP contribution < -0.4 is 10.1 Å². The number of anilines is 1. The van der Waals surface area contributed by atoms with E-state index < -0.39 is 0 Å². The molecule has 23 heavy (non-hydrogen) atoms. The van der Waals surface area contributed by atoms with Crippen LogP contribution in [-0.2, 0) is 4.79 Å². The van der Waals surface area contributed by atoms with Crippen molar-refractivity contribution in [2.24, 2.45) is 5.16 Å². The Labute approximate surface area is 147 Å². The monoisotopic (exact) mass is 396 g/mol. The van der Waals surface area contributed by atoms with Gasteiger partial charge in [0.2, 0.25) is 0 Å². The van der Waals surface area contributed by atoms with Crippen molar-refractivity contribution in [2.45, 2.75) is 6.92 Å². The minimum Gasteiger partial charge on any atom is -0.483 e. The Morgan fingerprint density at radius 2 is 2.17 bits per heavy atom. The highest BCUT2D eigenvalue weighted by Crippen LogP contribution is 2.22. The van der Waals surface area contributed by atoms with E-state index in [1.165, 1.54) is 6.21 Å². The van der Waals surface area contributed by atoms with E-state index >= 15 is 0 Å². The number of nitrogens with one attached hydrogen (secondary N) is 1. The summed E-state index contributed by atoms with van der Waals surface area (Å²) in [6.07, 6.45) is 1.23.